The van der Waals surface area contributed by atoms with E-state index in [4.69, 9.17) is 5.10 Å². The molecule has 2 amide bonds. The van der Waals surface area contributed by atoms with Gasteiger partial charge in [0.25, 0.3) is 5.91 Å². The first-order valence-corrected chi connectivity index (χ1v) is 9.90. The van der Waals surface area contributed by atoms with Crippen molar-refractivity contribution in [3.63, 3.8) is 0 Å². The smallest absolute Gasteiger partial charge is 0.261 e. The third-order valence-electron chi connectivity index (χ3n) is 4.88. The third kappa shape index (κ3) is 4.23. The average Bonchev–Trinajstić information content (AvgIpc) is 3.25. The molecule has 4 aromatic rings. The fraction of sp³-hybridized carbons (Fsp3) is 0.0800. The topological polar surface area (TPSA) is 67.2 Å². The van der Waals surface area contributed by atoms with Crippen molar-refractivity contribution in [1.82, 2.24) is 9.78 Å². The number of benzene rings is 3. The van der Waals surface area contributed by atoms with Crippen LogP contribution in [0, 0.1) is 0 Å². The van der Waals surface area contributed by atoms with E-state index in [1.807, 2.05) is 66.7 Å². The third-order valence-corrected chi connectivity index (χ3v) is 4.88. The standard InChI is InChI=1S/C25H22N4O2/c1-18(30)26-22-16-10-9-15-21(22)25(31)28(2)24-17-23(19-11-5-3-6-12-19)27-29(24)20-13-7-4-8-14-20/h3-17H,1-2H3,(H,26,30). The number of anilines is 2. The second-order valence-corrected chi connectivity index (χ2v) is 7.09. The molecule has 31 heavy (non-hydrogen) atoms. The second-order valence-electron chi connectivity index (χ2n) is 7.09. The summed E-state index contributed by atoms with van der Waals surface area (Å²) >= 11 is 0. The maximum Gasteiger partial charge on any atom is 0.261 e. The van der Waals surface area contributed by atoms with Gasteiger partial charge in [-0.25, -0.2) is 4.68 Å². The maximum absolute atomic E-state index is 13.4. The molecule has 0 aliphatic rings. The zero-order valence-electron chi connectivity index (χ0n) is 17.3. The van der Waals surface area contributed by atoms with E-state index in [-0.39, 0.29) is 11.8 Å². The molecule has 0 aliphatic heterocycles. The van der Waals surface area contributed by atoms with Gasteiger partial charge in [-0.2, -0.15) is 5.10 Å². The molecule has 154 valence electrons. The molecule has 0 unspecified atom stereocenters. The number of amides is 2. The van der Waals surface area contributed by atoms with E-state index in [1.165, 1.54) is 6.92 Å². The summed E-state index contributed by atoms with van der Waals surface area (Å²) in [6.45, 7) is 1.42. The Morgan fingerprint density at radius 3 is 2.16 bits per heavy atom. The SMILES string of the molecule is CC(=O)Nc1ccccc1C(=O)N(C)c1cc(-c2ccccc2)nn1-c1ccccc1. The van der Waals surface area contributed by atoms with Gasteiger partial charge in [0.2, 0.25) is 5.91 Å². The summed E-state index contributed by atoms with van der Waals surface area (Å²) in [5.74, 6) is 0.136. The van der Waals surface area contributed by atoms with E-state index in [9.17, 15) is 9.59 Å². The Kier molecular flexibility index (Phi) is 5.62. The summed E-state index contributed by atoms with van der Waals surface area (Å²) in [4.78, 5) is 26.5. The Hall–Kier alpha value is -4.19. The molecule has 0 atom stereocenters. The molecule has 0 saturated carbocycles. The number of carbonyl (C=O) groups excluding carboxylic acids is 2. The summed E-state index contributed by atoms with van der Waals surface area (Å²) in [5, 5.41) is 7.50. The molecule has 1 heterocycles. The van der Waals surface area contributed by atoms with E-state index in [2.05, 4.69) is 5.32 Å². The molecule has 0 fully saturated rings. The van der Waals surface area contributed by atoms with E-state index >= 15 is 0 Å². The van der Waals surface area contributed by atoms with Gasteiger partial charge in [-0.15, -0.1) is 0 Å². The first-order valence-electron chi connectivity index (χ1n) is 9.90. The lowest BCUT2D eigenvalue weighted by molar-refractivity contribution is -0.114. The van der Waals surface area contributed by atoms with Crippen molar-refractivity contribution in [1.29, 1.82) is 0 Å². The van der Waals surface area contributed by atoms with Crippen LogP contribution in [0.25, 0.3) is 16.9 Å². The molecule has 0 aliphatic carbocycles. The molecule has 3 aromatic carbocycles. The van der Waals surface area contributed by atoms with Gasteiger partial charge in [-0.05, 0) is 24.3 Å². The quantitative estimate of drug-likeness (QED) is 0.515. The van der Waals surface area contributed by atoms with Gasteiger partial charge in [0, 0.05) is 25.6 Å². The highest BCUT2D eigenvalue weighted by atomic mass is 16.2. The Bertz CT molecular complexity index is 1220. The van der Waals surface area contributed by atoms with Gasteiger partial charge >= 0.3 is 0 Å². The Labute approximate surface area is 180 Å². The molecule has 6 heteroatoms. The van der Waals surface area contributed by atoms with E-state index < -0.39 is 0 Å². The van der Waals surface area contributed by atoms with E-state index in [1.54, 1.807) is 40.9 Å². The molecular formula is C25H22N4O2. The predicted octanol–water partition coefficient (Wildman–Crippen LogP) is 4.77. The van der Waals surface area contributed by atoms with Gasteiger partial charge in [0.05, 0.1) is 22.6 Å². The molecule has 0 radical (unpaired) electrons. The van der Waals surface area contributed by atoms with Crippen LogP contribution in [0.4, 0.5) is 11.5 Å². The van der Waals surface area contributed by atoms with Gasteiger partial charge in [0.1, 0.15) is 5.82 Å². The molecule has 0 saturated heterocycles. The maximum atomic E-state index is 13.4. The van der Waals surface area contributed by atoms with Crippen molar-refractivity contribution in [3.8, 4) is 16.9 Å². The van der Waals surface area contributed by atoms with Crippen LogP contribution >= 0.6 is 0 Å². The van der Waals surface area contributed by atoms with Crippen LogP contribution < -0.4 is 10.2 Å². The van der Waals surface area contributed by atoms with E-state index in [0.717, 1.165) is 16.9 Å². The molecule has 0 spiro atoms. The van der Waals surface area contributed by atoms with Crippen molar-refractivity contribution in [2.75, 3.05) is 17.3 Å². The first-order chi connectivity index (χ1) is 15.0. The molecule has 1 N–H and O–H groups in total. The lowest BCUT2D eigenvalue weighted by Crippen LogP contribution is -2.29. The second kappa shape index (κ2) is 8.67. The summed E-state index contributed by atoms with van der Waals surface area (Å²) in [6.07, 6.45) is 0. The van der Waals surface area contributed by atoms with Crippen LogP contribution in [-0.4, -0.2) is 28.6 Å². The van der Waals surface area contributed by atoms with Crippen LogP contribution in [0.15, 0.2) is 91.0 Å². The normalized spacial score (nSPS) is 10.5. The summed E-state index contributed by atoms with van der Waals surface area (Å²) in [6, 6.07) is 28.3. The lowest BCUT2D eigenvalue weighted by Gasteiger charge is -2.20. The number of aromatic nitrogens is 2. The molecule has 0 bridgehead atoms. The van der Waals surface area contributed by atoms with Gasteiger partial charge < -0.3 is 5.32 Å². The first kappa shape index (κ1) is 20.1. The van der Waals surface area contributed by atoms with Crippen molar-refractivity contribution >= 4 is 23.3 Å². The summed E-state index contributed by atoms with van der Waals surface area (Å²) in [7, 11) is 1.71. The zero-order chi connectivity index (χ0) is 21.8. The largest absolute Gasteiger partial charge is 0.326 e. The zero-order valence-corrected chi connectivity index (χ0v) is 17.3. The van der Waals surface area contributed by atoms with Gasteiger partial charge in [-0.3, -0.25) is 14.5 Å². The van der Waals surface area contributed by atoms with Crippen LogP contribution in [0.2, 0.25) is 0 Å². The van der Waals surface area contributed by atoms with Gasteiger partial charge in [0.15, 0.2) is 0 Å². The number of carbonyl (C=O) groups is 2. The number of hydrogen-bond donors (Lipinski definition) is 1. The molecule has 6 nitrogen and oxygen atoms in total. The number of nitrogens with one attached hydrogen (secondary N) is 1. The molecule has 4 rings (SSSR count). The number of hydrogen-bond acceptors (Lipinski definition) is 3. The fourth-order valence-electron chi connectivity index (χ4n) is 3.37. The van der Waals surface area contributed by atoms with E-state index in [0.29, 0.717) is 17.1 Å². The molecule has 1 aromatic heterocycles. The van der Waals surface area contributed by atoms with Crippen molar-refractivity contribution in [2.45, 2.75) is 6.92 Å². The predicted molar refractivity (Wildman–Crippen MR) is 122 cm³/mol. The number of nitrogens with zero attached hydrogens (tertiary/aromatic N) is 3. The van der Waals surface area contributed by atoms with Crippen LogP contribution in [-0.2, 0) is 4.79 Å². The van der Waals surface area contributed by atoms with Crippen molar-refractivity contribution in [2.24, 2.45) is 0 Å². The fourth-order valence-corrected chi connectivity index (χ4v) is 3.37. The summed E-state index contributed by atoms with van der Waals surface area (Å²) in [5.41, 5.74) is 3.44. The highest BCUT2D eigenvalue weighted by Crippen LogP contribution is 2.28. The lowest BCUT2D eigenvalue weighted by atomic mass is 10.1. The monoisotopic (exact) mass is 410 g/mol. The highest BCUT2D eigenvalue weighted by Gasteiger charge is 2.22. The Balaban J connectivity index is 1.79. The Morgan fingerprint density at radius 2 is 1.48 bits per heavy atom. The minimum Gasteiger partial charge on any atom is -0.326 e. The van der Waals surface area contributed by atoms with Crippen LogP contribution in [0.5, 0.6) is 0 Å². The van der Waals surface area contributed by atoms with Crippen molar-refractivity contribution in [3.05, 3.63) is 96.6 Å². The number of rotatable bonds is 5. The van der Waals surface area contributed by atoms with Gasteiger partial charge in [-0.1, -0.05) is 60.7 Å². The highest BCUT2D eigenvalue weighted by molar-refractivity contribution is 6.10. The minimum absolute atomic E-state index is 0.233. The molecular weight excluding hydrogens is 388 g/mol. The van der Waals surface area contributed by atoms with Crippen LogP contribution in [0.3, 0.4) is 0 Å². The summed E-state index contributed by atoms with van der Waals surface area (Å²) < 4.78 is 1.75. The number of para-hydroxylation sites is 2. The van der Waals surface area contributed by atoms with Crippen LogP contribution in [0.1, 0.15) is 17.3 Å². The average molecular weight is 410 g/mol. The van der Waals surface area contributed by atoms with Crippen molar-refractivity contribution < 1.29 is 9.59 Å². The Morgan fingerprint density at radius 1 is 0.871 bits per heavy atom. The minimum atomic E-state index is -0.249.